The van der Waals surface area contributed by atoms with Gasteiger partial charge in [0.15, 0.2) is 5.79 Å². The number of unbranched alkanes of at least 4 members (excludes halogenated alkanes) is 10. The highest BCUT2D eigenvalue weighted by Crippen LogP contribution is 2.45. The average Bonchev–Trinajstić information content (AvgIpc) is 3.40. The lowest BCUT2D eigenvalue weighted by molar-refractivity contribution is -0.221. The Hall–Kier alpha value is -2.51. The van der Waals surface area contributed by atoms with Crippen molar-refractivity contribution in [3.05, 3.63) is 83.9 Å². The maximum Gasteiger partial charge on any atom is 0.305 e. The van der Waals surface area contributed by atoms with Gasteiger partial charge in [0.2, 0.25) is 0 Å². The van der Waals surface area contributed by atoms with E-state index in [0.29, 0.717) is 19.6 Å². The van der Waals surface area contributed by atoms with Crippen molar-refractivity contribution in [3.63, 3.8) is 0 Å². The minimum Gasteiger partial charge on any atom is -0.469 e. The standard InChI is InChI=1S/C41H60O6/c1-43-39(42)28-20-10-8-6-4-2-3-5-7-9-11-21-30-41-31-29-37(45-34-36-25-17-13-18-26-36)40(47-41)38(46-41)27-19-14-22-32-44-33-35-23-15-12-16-24-35/h5,7,12-13,15-18,23-26,37-38,40H,2-4,6,8-11,14,19-22,27-34H2,1H3/b7-5+/t37-,38-,40-,41+/m0/s1. The van der Waals surface area contributed by atoms with Gasteiger partial charge in [-0.25, -0.2) is 0 Å². The molecule has 2 aliphatic heterocycles. The quantitative estimate of drug-likeness (QED) is 0.0607. The van der Waals surface area contributed by atoms with Crippen LogP contribution < -0.4 is 0 Å². The molecule has 0 N–H and O–H groups in total. The van der Waals surface area contributed by atoms with Crippen LogP contribution in [0.3, 0.4) is 0 Å². The van der Waals surface area contributed by atoms with E-state index in [2.05, 4.69) is 60.7 Å². The van der Waals surface area contributed by atoms with Gasteiger partial charge in [0.25, 0.3) is 0 Å². The minimum atomic E-state index is -0.443. The molecule has 2 saturated heterocycles. The van der Waals surface area contributed by atoms with Gasteiger partial charge >= 0.3 is 5.97 Å². The van der Waals surface area contributed by atoms with E-state index in [4.69, 9.17) is 23.7 Å². The van der Waals surface area contributed by atoms with Crippen LogP contribution in [0.1, 0.15) is 127 Å². The molecule has 0 amide bonds. The van der Waals surface area contributed by atoms with Gasteiger partial charge < -0.3 is 23.7 Å². The summed E-state index contributed by atoms with van der Waals surface area (Å²) in [6.45, 7) is 2.09. The first kappa shape index (κ1) is 37.3. The third-order valence-corrected chi connectivity index (χ3v) is 9.53. The van der Waals surface area contributed by atoms with Gasteiger partial charge in [-0.2, -0.15) is 0 Å². The molecule has 2 aromatic carbocycles. The molecule has 0 unspecified atom stereocenters. The Morgan fingerprint density at radius 1 is 0.766 bits per heavy atom. The summed E-state index contributed by atoms with van der Waals surface area (Å²) in [7, 11) is 1.46. The molecule has 2 fully saturated rings. The van der Waals surface area contributed by atoms with Crippen molar-refractivity contribution >= 4 is 5.97 Å². The summed E-state index contributed by atoms with van der Waals surface area (Å²) in [6.07, 6.45) is 24.2. The second-order valence-electron chi connectivity index (χ2n) is 13.4. The van der Waals surface area contributed by atoms with E-state index < -0.39 is 5.79 Å². The van der Waals surface area contributed by atoms with Gasteiger partial charge in [0.1, 0.15) is 6.10 Å². The fraction of sp³-hybridized carbons (Fsp3) is 0.634. The highest BCUT2D eigenvalue weighted by Gasteiger charge is 2.53. The topological polar surface area (TPSA) is 63.2 Å². The number of ether oxygens (including phenoxy) is 5. The summed E-state index contributed by atoms with van der Waals surface area (Å²) in [5.41, 5.74) is 2.43. The zero-order valence-electron chi connectivity index (χ0n) is 29.0. The lowest BCUT2D eigenvalue weighted by Gasteiger charge is -2.35. The molecular weight excluding hydrogens is 588 g/mol. The molecule has 2 aliphatic rings. The van der Waals surface area contributed by atoms with Crippen LogP contribution in [0.15, 0.2) is 72.8 Å². The predicted molar refractivity (Wildman–Crippen MR) is 188 cm³/mol. The lowest BCUT2D eigenvalue weighted by atomic mass is 9.94. The van der Waals surface area contributed by atoms with Crippen LogP contribution in [0.5, 0.6) is 0 Å². The molecule has 4 rings (SSSR count). The van der Waals surface area contributed by atoms with Gasteiger partial charge in [-0.05, 0) is 68.9 Å². The largest absolute Gasteiger partial charge is 0.469 e. The summed E-state index contributed by atoms with van der Waals surface area (Å²) in [4.78, 5) is 11.2. The fourth-order valence-corrected chi connectivity index (χ4v) is 6.80. The summed E-state index contributed by atoms with van der Waals surface area (Å²) in [5.74, 6) is -0.535. The molecule has 6 nitrogen and oxygen atoms in total. The third-order valence-electron chi connectivity index (χ3n) is 9.53. The first-order chi connectivity index (χ1) is 23.2. The Balaban J connectivity index is 1.11. The first-order valence-corrected chi connectivity index (χ1v) is 18.5. The minimum absolute atomic E-state index is 0.00883. The molecule has 0 saturated carbocycles. The highest BCUT2D eigenvalue weighted by atomic mass is 16.8. The summed E-state index contributed by atoms with van der Waals surface area (Å²) in [6, 6.07) is 20.8. The maximum absolute atomic E-state index is 11.2. The van der Waals surface area contributed by atoms with Gasteiger partial charge in [-0.15, -0.1) is 0 Å². The van der Waals surface area contributed by atoms with Gasteiger partial charge in [-0.1, -0.05) is 111 Å². The number of allylic oxidation sites excluding steroid dienone is 2. The predicted octanol–water partition coefficient (Wildman–Crippen LogP) is 10.0. The van der Waals surface area contributed by atoms with E-state index in [0.717, 1.165) is 90.1 Å². The van der Waals surface area contributed by atoms with Gasteiger partial charge in [0, 0.05) is 25.9 Å². The van der Waals surface area contributed by atoms with Gasteiger partial charge in [-0.3, -0.25) is 4.79 Å². The average molecular weight is 649 g/mol. The van der Waals surface area contributed by atoms with E-state index in [1.165, 1.54) is 43.9 Å². The zero-order chi connectivity index (χ0) is 32.8. The molecule has 47 heavy (non-hydrogen) atoms. The van der Waals surface area contributed by atoms with Crippen molar-refractivity contribution in [1.29, 1.82) is 0 Å². The number of rotatable bonds is 25. The molecule has 0 spiro atoms. The Morgan fingerprint density at radius 2 is 1.40 bits per heavy atom. The van der Waals surface area contributed by atoms with Crippen molar-refractivity contribution in [2.75, 3.05) is 13.7 Å². The van der Waals surface area contributed by atoms with E-state index in [-0.39, 0.29) is 24.3 Å². The Kier molecular flexibility index (Phi) is 17.6. The molecule has 260 valence electrons. The summed E-state index contributed by atoms with van der Waals surface area (Å²) < 4.78 is 30.6. The van der Waals surface area contributed by atoms with Crippen LogP contribution in [0, 0.1) is 0 Å². The van der Waals surface area contributed by atoms with Crippen LogP contribution in [0.4, 0.5) is 0 Å². The molecule has 0 radical (unpaired) electrons. The molecule has 0 aromatic heterocycles. The number of carbonyl (C=O) groups is 1. The molecule has 0 aliphatic carbocycles. The molecule has 4 atom stereocenters. The fourth-order valence-electron chi connectivity index (χ4n) is 6.80. The third kappa shape index (κ3) is 14.2. The van der Waals surface area contributed by atoms with Crippen LogP contribution in [-0.2, 0) is 41.7 Å². The number of carbonyl (C=O) groups excluding carboxylic acids is 1. The number of methoxy groups -OCH3 is 1. The molecular formula is C41H60O6. The highest BCUT2D eigenvalue weighted by molar-refractivity contribution is 5.68. The number of fused-ring (bicyclic) bond motifs is 2. The van der Waals surface area contributed by atoms with Crippen molar-refractivity contribution in [2.45, 2.75) is 153 Å². The van der Waals surface area contributed by atoms with Gasteiger partial charge in [0.05, 0.1) is 32.5 Å². The smallest absolute Gasteiger partial charge is 0.305 e. The van der Waals surface area contributed by atoms with Crippen molar-refractivity contribution in [1.82, 2.24) is 0 Å². The molecule has 6 heteroatoms. The normalized spacial score (nSPS) is 22.2. The van der Waals surface area contributed by atoms with Crippen LogP contribution in [0.2, 0.25) is 0 Å². The number of esters is 1. The van der Waals surface area contributed by atoms with E-state index in [1.54, 1.807) is 0 Å². The summed E-state index contributed by atoms with van der Waals surface area (Å²) >= 11 is 0. The molecule has 2 bridgehead atoms. The number of benzene rings is 2. The lowest BCUT2D eigenvalue weighted by Crippen LogP contribution is -2.43. The molecule has 2 heterocycles. The SMILES string of the molecule is COC(=O)CCCCCCCC/C=C/CCCC[C@]12CC[C@H](OCc3ccccc3)[C@H](O1)[C@H](CCCCCOCc1ccccc1)O2. The second-order valence-corrected chi connectivity index (χ2v) is 13.4. The van der Waals surface area contributed by atoms with E-state index >= 15 is 0 Å². The van der Waals surface area contributed by atoms with E-state index in [1.807, 2.05) is 12.1 Å². The second kappa shape index (κ2) is 22.2. The number of hydrogen-bond donors (Lipinski definition) is 0. The first-order valence-electron chi connectivity index (χ1n) is 18.5. The monoisotopic (exact) mass is 648 g/mol. The van der Waals surface area contributed by atoms with Crippen LogP contribution >= 0.6 is 0 Å². The Labute approximate surface area is 284 Å². The number of hydrogen-bond acceptors (Lipinski definition) is 6. The van der Waals surface area contributed by atoms with Crippen LogP contribution in [-0.4, -0.2) is 43.8 Å². The van der Waals surface area contributed by atoms with Crippen molar-refractivity contribution in [3.8, 4) is 0 Å². The Bertz CT molecular complexity index is 1120. The zero-order valence-corrected chi connectivity index (χ0v) is 29.0. The Morgan fingerprint density at radius 3 is 2.13 bits per heavy atom. The van der Waals surface area contributed by atoms with Crippen molar-refractivity contribution < 1.29 is 28.5 Å². The van der Waals surface area contributed by atoms with E-state index in [9.17, 15) is 4.79 Å². The van der Waals surface area contributed by atoms with Crippen LogP contribution in [0.25, 0.3) is 0 Å². The molecule has 2 aromatic rings. The summed E-state index contributed by atoms with van der Waals surface area (Å²) in [5, 5.41) is 0. The maximum atomic E-state index is 11.2. The van der Waals surface area contributed by atoms with Crippen molar-refractivity contribution in [2.24, 2.45) is 0 Å².